The molecule has 0 radical (unpaired) electrons. The van der Waals surface area contributed by atoms with Crippen molar-refractivity contribution in [3.63, 3.8) is 0 Å². The van der Waals surface area contributed by atoms with E-state index in [1.807, 2.05) is 6.92 Å². The number of carboxylic acid groups (broad SMARTS) is 1. The third kappa shape index (κ3) is 3.44. The lowest BCUT2D eigenvalue weighted by molar-refractivity contribution is -0.141. The number of pyridine rings is 1. The number of aromatic nitrogens is 1. The third-order valence-corrected chi connectivity index (χ3v) is 2.42. The zero-order valence-electron chi connectivity index (χ0n) is 9.97. The number of nitrogens with zero attached hydrogens (tertiary/aromatic N) is 2. The van der Waals surface area contributed by atoms with Crippen LogP contribution < -0.4 is 5.32 Å². The van der Waals surface area contributed by atoms with Crippen molar-refractivity contribution in [3.05, 3.63) is 24.0 Å². The summed E-state index contributed by atoms with van der Waals surface area (Å²) in [5, 5.41) is 11.3. The first kappa shape index (κ1) is 13.0. The van der Waals surface area contributed by atoms with Crippen LogP contribution in [-0.2, 0) is 4.79 Å². The van der Waals surface area contributed by atoms with Crippen LogP contribution in [0.1, 0.15) is 12.6 Å². The molecule has 1 unspecified atom stereocenters. The van der Waals surface area contributed by atoms with Crippen LogP contribution >= 0.6 is 0 Å². The molecule has 0 bridgehead atoms. The largest absolute Gasteiger partial charge is 0.480 e. The number of carbonyl (C=O) groups is 2. The molecule has 1 heterocycles. The SMILES string of the molecule is Cc1ccc(NC(=O)N(C)C(C)C(=O)O)cn1. The van der Waals surface area contributed by atoms with Gasteiger partial charge < -0.3 is 15.3 Å². The fraction of sp³-hybridized carbons (Fsp3) is 0.364. The number of nitrogens with one attached hydrogen (secondary N) is 1. The number of hydrogen-bond acceptors (Lipinski definition) is 3. The molecule has 6 heteroatoms. The molecule has 0 saturated carbocycles. The monoisotopic (exact) mass is 237 g/mol. The molecule has 2 amide bonds. The highest BCUT2D eigenvalue weighted by Crippen LogP contribution is 2.07. The number of carbonyl (C=O) groups excluding carboxylic acids is 1. The van der Waals surface area contributed by atoms with Crippen LogP contribution in [0.25, 0.3) is 0 Å². The number of aliphatic carboxylic acids is 1. The first-order chi connectivity index (χ1) is 7.91. The van der Waals surface area contributed by atoms with E-state index in [-0.39, 0.29) is 0 Å². The van der Waals surface area contributed by atoms with Crippen molar-refractivity contribution in [3.8, 4) is 0 Å². The van der Waals surface area contributed by atoms with Gasteiger partial charge in [0, 0.05) is 12.7 Å². The van der Waals surface area contributed by atoms with Crippen molar-refractivity contribution < 1.29 is 14.7 Å². The molecule has 0 aromatic carbocycles. The van der Waals surface area contributed by atoms with Crippen LogP contribution in [0.15, 0.2) is 18.3 Å². The summed E-state index contributed by atoms with van der Waals surface area (Å²) in [6, 6.07) is 2.11. The second-order valence-corrected chi connectivity index (χ2v) is 3.74. The highest BCUT2D eigenvalue weighted by molar-refractivity contribution is 5.91. The molecule has 1 atom stereocenters. The summed E-state index contributed by atoms with van der Waals surface area (Å²) < 4.78 is 0. The number of carboxylic acids is 1. The van der Waals surface area contributed by atoms with E-state index >= 15 is 0 Å². The zero-order valence-corrected chi connectivity index (χ0v) is 9.97. The number of urea groups is 1. The minimum absolute atomic E-state index is 0.481. The molecule has 1 rings (SSSR count). The average molecular weight is 237 g/mol. The summed E-state index contributed by atoms with van der Waals surface area (Å²) in [6.07, 6.45) is 1.52. The second-order valence-electron chi connectivity index (χ2n) is 3.74. The number of rotatable bonds is 3. The van der Waals surface area contributed by atoms with Gasteiger partial charge in [-0.25, -0.2) is 9.59 Å². The smallest absolute Gasteiger partial charge is 0.326 e. The summed E-state index contributed by atoms with van der Waals surface area (Å²) in [5.41, 5.74) is 1.38. The Balaban J connectivity index is 2.66. The van der Waals surface area contributed by atoms with Crippen LogP contribution in [0.3, 0.4) is 0 Å². The Labute approximate surface area is 99.3 Å². The van der Waals surface area contributed by atoms with Crippen molar-refractivity contribution in [2.45, 2.75) is 19.9 Å². The van der Waals surface area contributed by atoms with Gasteiger partial charge in [-0.2, -0.15) is 0 Å². The third-order valence-electron chi connectivity index (χ3n) is 2.42. The minimum atomic E-state index is -1.05. The van der Waals surface area contributed by atoms with E-state index in [9.17, 15) is 9.59 Å². The fourth-order valence-corrected chi connectivity index (χ4v) is 1.09. The lowest BCUT2D eigenvalue weighted by Crippen LogP contribution is -2.42. The first-order valence-electron chi connectivity index (χ1n) is 5.11. The molecular formula is C11H15N3O3. The second kappa shape index (κ2) is 5.29. The Morgan fingerprint density at radius 3 is 2.59 bits per heavy atom. The lowest BCUT2D eigenvalue weighted by atomic mass is 10.3. The van der Waals surface area contributed by atoms with Crippen molar-refractivity contribution >= 4 is 17.7 Å². The summed E-state index contributed by atoms with van der Waals surface area (Å²) in [5.74, 6) is -1.05. The predicted molar refractivity (Wildman–Crippen MR) is 62.9 cm³/mol. The predicted octanol–water partition coefficient (Wildman–Crippen LogP) is 1.33. The Hall–Kier alpha value is -2.11. The quantitative estimate of drug-likeness (QED) is 0.830. The minimum Gasteiger partial charge on any atom is -0.480 e. The zero-order chi connectivity index (χ0) is 13.0. The number of aryl methyl sites for hydroxylation is 1. The van der Waals surface area contributed by atoms with Crippen molar-refractivity contribution in [2.75, 3.05) is 12.4 Å². The maximum Gasteiger partial charge on any atom is 0.326 e. The van der Waals surface area contributed by atoms with Gasteiger partial charge in [0.2, 0.25) is 0 Å². The van der Waals surface area contributed by atoms with E-state index in [0.29, 0.717) is 5.69 Å². The molecule has 2 N–H and O–H groups in total. The van der Waals surface area contributed by atoms with Gasteiger partial charge in [-0.1, -0.05) is 0 Å². The maximum absolute atomic E-state index is 11.7. The highest BCUT2D eigenvalue weighted by Gasteiger charge is 2.21. The Kier molecular flexibility index (Phi) is 4.03. The molecule has 0 aliphatic carbocycles. The van der Waals surface area contributed by atoms with Crippen LogP contribution in [0.5, 0.6) is 0 Å². The Bertz CT molecular complexity index is 416. The van der Waals surface area contributed by atoms with E-state index in [1.54, 1.807) is 12.1 Å². The van der Waals surface area contributed by atoms with Gasteiger partial charge >= 0.3 is 12.0 Å². The lowest BCUT2D eigenvalue weighted by Gasteiger charge is -2.21. The Morgan fingerprint density at radius 2 is 2.12 bits per heavy atom. The summed E-state index contributed by atoms with van der Waals surface area (Å²) in [4.78, 5) is 27.5. The molecule has 1 aromatic rings. The highest BCUT2D eigenvalue weighted by atomic mass is 16.4. The first-order valence-corrected chi connectivity index (χ1v) is 5.11. The van der Waals surface area contributed by atoms with E-state index in [2.05, 4.69) is 10.3 Å². The van der Waals surface area contributed by atoms with Crippen LogP contribution in [0, 0.1) is 6.92 Å². The van der Waals surface area contributed by atoms with Gasteiger partial charge in [0.15, 0.2) is 0 Å². The molecule has 0 fully saturated rings. The van der Waals surface area contributed by atoms with Gasteiger partial charge in [0.1, 0.15) is 6.04 Å². The van der Waals surface area contributed by atoms with Crippen LogP contribution in [0.2, 0.25) is 0 Å². The molecule has 0 saturated heterocycles. The number of anilines is 1. The summed E-state index contributed by atoms with van der Waals surface area (Å²) in [7, 11) is 1.43. The Morgan fingerprint density at radius 1 is 1.47 bits per heavy atom. The number of amides is 2. The molecular weight excluding hydrogens is 222 g/mol. The molecule has 0 spiro atoms. The molecule has 17 heavy (non-hydrogen) atoms. The summed E-state index contributed by atoms with van der Waals surface area (Å²) in [6.45, 7) is 3.28. The molecule has 1 aromatic heterocycles. The van der Waals surface area contributed by atoms with E-state index in [4.69, 9.17) is 5.11 Å². The van der Waals surface area contributed by atoms with E-state index < -0.39 is 18.0 Å². The van der Waals surface area contributed by atoms with Gasteiger partial charge in [-0.3, -0.25) is 4.98 Å². The van der Waals surface area contributed by atoms with Gasteiger partial charge in [-0.15, -0.1) is 0 Å². The van der Waals surface area contributed by atoms with Crippen LogP contribution in [-0.4, -0.2) is 40.1 Å². The number of likely N-dealkylation sites (N-methyl/N-ethyl adjacent to an activating group) is 1. The van der Waals surface area contributed by atoms with Crippen molar-refractivity contribution in [1.29, 1.82) is 0 Å². The molecule has 6 nitrogen and oxygen atoms in total. The summed E-state index contributed by atoms with van der Waals surface area (Å²) >= 11 is 0. The van der Waals surface area contributed by atoms with E-state index in [0.717, 1.165) is 10.6 Å². The number of hydrogen-bond donors (Lipinski definition) is 2. The van der Waals surface area contributed by atoms with Crippen molar-refractivity contribution in [1.82, 2.24) is 9.88 Å². The van der Waals surface area contributed by atoms with Crippen LogP contribution in [0.4, 0.5) is 10.5 Å². The van der Waals surface area contributed by atoms with Gasteiger partial charge in [0.25, 0.3) is 0 Å². The standard InChI is InChI=1S/C11H15N3O3/c1-7-4-5-9(6-12-7)13-11(17)14(3)8(2)10(15)16/h4-6,8H,1-3H3,(H,13,17)(H,15,16). The van der Waals surface area contributed by atoms with Crippen molar-refractivity contribution in [2.24, 2.45) is 0 Å². The van der Waals surface area contributed by atoms with E-state index in [1.165, 1.54) is 20.2 Å². The van der Waals surface area contributed by atoms with Gasteiger partial charge in [-0.05, 0) is 26.0 Å². The molecule has 92 valence electrons. The molecule has 0 aliphatic rings. The van der Waals surface area contributed by atoms with Gasteiger partial charge in [0.05, 0.1) is 11.9 Å². The molecule has 0 aliphatic heterocycles. The topological polar surface area (TPSA) is 82.5 Å². The average Bonchev–Trinajstić information content (AvgIpc) is 2.30. The maximum atomic E-state index is 11.7. The normalized spacial score (nSPS) is 11.7. The fourth-order valence-electron chi connectivity index (χ4n) is 1.09.